The molecule has 37 heavy (non-hydrogen) atoms. The maximum absolute atomic E-state index is 13.2. The molecule has 0 saturated carbocycles. The number of nitrogens with one attached hydrogen (secondary N) is 1. The highest BCUT2D eigenvalue weighted by Gasteiger charge is 2.27. The number of carbonyl (C=O) groups excluding carboxylic acids is 2. The normalized spacial score (nSPS) is 12.1. The van der Waals surface area contributed by atoms with Gasteiger partial charge in [-0.2, -0.15) is 0 Å². The topological polar surface area (TPSA) is 94.8 Å². The number of ether oxygens (including phenoxy) is 2. The van der Waals surface area contributed by atoms with Crippen molar-refractivity contribution in [3.05, 3.63) is 112 Å². The Morgan fingerprint density at radius 2 is 1.59 bits per heavy atom. The Hall–Kier alpha value is -4.39. The highest BCUT2D eigenvalue weighted by atomic mass is 16.6. The zero-order valence-corrected chi connectivity index (χ0v) is 21.2. The van der Waals surface area contributed by atoms with E-state index in [-0.39, 0.29) is 5.75 Å². The van der Waals surface area contributed by atoms with Crippen LogP contribution >= 0.6 is 0 Å². The van der Waals surface area contributed by atoms with Gasteiger partial charge in [0.2, 0.25) is 0 Å². The minimum Gasteiger partial charge on any atom is -0.444 e. The van der Waals surface area contributed by atoms with Gasteiger partial charge >= 0.3 is 17.7 Å². The lowest BCUT2D eigenvalue weighted by Crippen LogP contribution is -2.39. The van der Waals surface area contributed by atoms with E-state index < -0.39 is 29.3 Å². The minimum atomic E-state index is -1.10. The lowest BCUT2D eigenvalue weighted by molar-refractivity contribution is -0.137. The van der Waals surface area contributed by atoms with E-state index in [1.165, 1.54) is 6.07 Å². The molecular weight excluding hydrogens is 470 g/mol. The second kappa shape index (κ2) is 10.7. The molecule has 7 nitrogen and oxygen atoms in total. The van der Waals surface area contributed by atoms with Crippen molar-refractivity contribution in [2.75, 3.05) is 0 Å². The van der Waals surface area contributed by atoms with Crippen LogP contribution in [0.2, 0.25) is 0 Å². The molecule has 0 spiro atoms. The summed E-state index contributed by atoms with van der Waals surface area (Å²) in [7, 11) is 0. The average molecular weight is 500 g/mol. The summed E-state index contributed by atoms with van der Waals surface area (Å²) in [6.07, 6.45) is -0.291. The first-order valence-electron chi connectivity index (χ1n) is 12.0. The van der Waals surface area contributed by atoms with E-state index in [0.29, 0.717) is 23.1 Å². The van der Waals surface area contributed by atoms with Gasteiger partial charge in [-0.1, -0.05) is 60.7 Å². The maximum Gasteiger partial charge on any atom is 0.408 e. The molecule has 1 atom stereocenters. The molecule has 0 aliphatic heterocycles. The Labute approximate surface area is 215 Å². The van der Waals surface area contributed by atoms with Crippen molar-refractivity contribution in [3.8, 4) is 5.75 Å². The zero-order valence-electron chi connectivity index (χ0n) is 21.2. The summed E-state index contributed by atoms with van der Waals surface area (Å²) >= 11 is 0. The third-order valence-corrected chi connectivity index (χ3v) is 5.73. The molecule has 1 heterocycles. The third kappa shape index (κ3) is 6.44. The fourth-order valence-electron chi connectivity index (χ4n) is 3.97. The molecule has 4 aromatic rings. The summed E-state index contributed by atoms with van der Waals surface area (Å²) in [4.78, 5) is 38.4. The molecular formula is C30H29NO6. The van der Waals surface area contributed by atoms with Gasteiger partial charge in [-0.3, -0.25) is 0 Å². The van der Waals surface area contributed by atoms with Crippen molar-refractivity contribution < 1.29 is 23.5 Å². The van der Waals surface area contributed by atoms with Crippen LogP contribution in [0.15, 0.2) is 88.1 Å². The molecule has 0 aliphatic rings. The number of alkyl carbamates (subject to hydrolysis) is 1. The number of carbonyl (C=O) groups is 2. The van der Waals surface area contributed by atoms with E-state index in [1.54, 1.807) is 63.2 Å². The molecule has 1 aromatic heterocycles. The standard InChI is InChI=1S/C30H29NO6/c1-19-23-16-15-22(18-25(23)36-27(32)24(19)17-20-11-7-5-8-12-20)35-28(33)26(21-13-9-6-10-14-21)31-29(34)37-30(2,3)4/h5-16,18,26H,17H2,1-4H3,(H,31,34)/t26-/m0/s1. The molecule has 0 saturated heterocycles. The molecule has 0 aliphatic carbocycles. The van der Waals surface area contributed by atoms with Crippen LogP contribution in [0.5, 0.6) is 5.75 Å². The second-order valence-electron chi connectivity index (χ2n) is 9.72. The van der Waals surface area contributed by atoms with E-state index in [9.17, 15) is 14.4 Å². The molecule has 0 unspecified atom stereocenters. The predicted octanol–water partition coefficient (Wildman–Crippen LogP) is 5.86. The number of aryl methyl sites for hydroxylation is 1. The summed E-state index contributed by atoms with van der Waals surface area (Å²) < 4.78 is 16.5. The number of benzene rings is 3. The first-order chi connectivity index (χ1) is 17.6. The van der Waals surface area contributed by atoms with E-state index in [0.717, 1.165) is 16.5 Å². The highest BCUT2D eigenvalue weighted by molar-refractivity contribution is 5.86. The quantitative estimate of drug-likeness (QED) is 0.203. The number of rotatable bonds is 6. The van der Waals surface area contributed by atoms with Gasteiger partial charge in [-0.25, -0.2) is 14.4 Å². The second-order valence-corrected chi connectivity index (χ2v) is 9.72. The summed E-state index contributed by atoms with van der Waals surface area (Å²) in [5.74, 6) is -0.529. The van der Waals surface area contributed by atoms with Crippen molar-refractivity contribution in [2.45, 2.75) is 45.8 Å². The Bertz CT molecular complexity index is 1470. The Morgan fingerprint density at radius 3 is 2.24 bits per heavy atom. The summed E-state index contributed by atoms with van der Waals surface area (Å²) in [5, 5.41) is 3.33. The SMILES string of the molecule is Cc1c(Cc2ccccc2)c(=O)oc2cc(OC(=O)[C@@H](NC(=O)OC(C)(C)C)c3ccccc3)ccc12. The van der Waals surface area contributed by atoms with E-state index in [2.05, 4.69) is 5.32 Å². The van der Waals surface area contributed by atoms with Crippen LogP contribution in [0, 0.1) is 6.92 Å². The van der Waals surface area contributed by atoms with Gasteiger partial charge in [0.05, 0.1) is 0 Å². The van der Waals surface area contributed by atoms with Crippen LogP contribution in [-0.4, -0.2) is 17.7 Å². The number of amides is 1. The lowest BCUT2D eigenvalue weighted by Gasteiger charge is -2.23. The van der Waals surface area contributed by atoms with Crippen molar-refractivity contribution >= 4 is 23.0 Å². The fraction of sp³-hybridized carbons (Fsp3) is 0.233. The van der Waals surface area contributed by atoms with Crippen molar-refractivity contribution in [1.29, 1.82) is 0 Å². The number of esters is 1. The number of hydrogen-bond donors (Lipinski definition) is 1. The molecule has 7 heteroatoms. The molecule has 0 fully saturated rings. The number of hydrogen-bond acceptors (Lipinski definition) is 6. The van der Waals surface area contributed by atoms with Crippen LogP contribution in [0.25, 0.3) is 11.0 Å². The Kier molecular flexibility index (Phi) is 7.43. The van der Waals surface area contributed by atoms with Crippen LogP contribution in [0.3, 0.4) is 0 Å². The van der Waals surface area contributed by atoms with E-state index in [4.69, 9.17) is 13.9 Å². The zero-order chi connectivity index (χ0) is 26.6. The van der Waals surface area contributed by atoms with Gasteiger partial charge < -0.3 is 19.2 Å². The van der Waals surface area contributed by atoms with Gasteiger partial charge in [0.25, 0.3) is 0 Å². The van der Waals surface area contributed by atoms with Gasteiger partial charge in [-0.05, 0) is 56.5 Å². The van der Waals surface area contributed by atoms with Crippen LogP contribution in [-0.2, 0) is 16.0 Å². The first-order valence-corrected chi connectivity index (χ1v) is 12.0. The smallest absolute Gasteiger partial charge is 0.408 e. The molecule has 1 amide bonds. The molecule has 0 radical (unpaired) electrons. The van der Waals surface area contributed by atoms with Gasteiger partial charge in [0.1, 0.15) is 16.9 Å². The minimum absolute atomic E-state index is 0.183. The summed E-state index contributed by atoms with van der Waals surface area (Å²) in [6.45, 7) is 7.08. The molecule has 4 rings (SSSR count). The predicted molar refractivity (Wildman–Crippen MR) is 141 cm³/mol. The van der Waals surface area contributed by atoms with Crippen molar-refractivity contribution in [3.63, 3.8) is 0 Å². The Balaban J connectivity index is 1.59. The third-order valence-electron chi connectivity index (χ3n) is 5.73. The Morgan fingerprint density at radius 1 is 0.946 bits per heavy atom. The van der Waals surface area contributed by atoms with E-state index in [1.807, 2.05) is 37.3 Å². The van der Waals surface area contributed by atoms with E-state index >= 15 is 0 Å². The molecule has 3 aromatic carbocycles. The number of fused-ring (bicyclic) bond motifs is 1. The summed E-state index contributed by atoms with van der Waals surface area (Å²) in [6, 6.07) is 22.2. The maximum atomic E-state index is 13.2. The largest absolute Gasteiger partial charge is 0.444 e. The molecule has 0 bridgehead atoms. The molecule has 1 N–H and O–H groups in total. The molecule has 190 valence electrons. The highest BCUT2D eigenvalue weighted by Crippen LogP contribution is 2.26. The van der Waals surface area contributed by atoms with Crippen LogP contribution < -0.4 is 15.7 Å². The van der Waals surface area contributed by atoms with Gasteiger partial charge in [0, 0.05) is 23.4 Å². The average Bonchev–Trinajstić information content (AvgIpc) is 2.85. The first kappa shape index (κ1) is 25.7. The van der Waals surface area contributed by atoms with Gasteiger partial charge in [0.15, 0.2) is 6.04 Å². The van der Waals surface area contributed by atoms with Crippen LogP contribution in [0.4, 0.5) is 4.79 Å². The summed E-state index contributed by atoms with van der Waals surface area (Å²) in [5.41, 5.74) is 2.06. The fourth-order valence-corrected chi connectivity index (χ4v) is 3.97. The van der Waals surface area contributed by atoms with Crippen molar-refractivity contribution in [1.82, 2.24) is 5.32 Å². The monoisotopic (exact) mass is 499 g/mol. The van der Waals surface area contributed by atoms with Crippen molar-refractivity contribution in [2.24, 2.45) is 0 Å². The lowest BCUT2D eigenvalue weighted by atomic mass is 10.00. The van der Waals surface area contributed by atoms with Gasteiger partial charge in [-0.15, -0.1) is 0 Å². The van der Waals surface area contributed by atoms with Crippen LogP contribution in [0.1, 0.15) is 49.1 Å².